The van der Waals surface area contributed by atoms with E-state index < -0.39 is 0 Å². The summed E-state index contributed by atoms with van der Waals surface area (Å²) in [4.78, 5) is 4.14. The van der Waals surface area contributed by atoms with Gasteiger partial charge in [0.2, 0.25) is 0 Å². The highest BCUT2D eigenvalue weighted by Crippen LogP contribution is 2.02. The molecule has 0 aliphatic carbocycles. The van der Waals surface area contributed by atoms with Gasteiger partial charge < -0.3 is 17.5 Å². The molecule has 0 aromatic carbocycles. The molecule has 72 valence electrons. The largest absolute Gasteiger partial charge is 1.00 e. The maximum Gasteiger partial charge on any atom is 0.327 e. The number of halogens is 1. The molecule has 1 N–H and O–H groups in total. The maximum absolute atomic E-state index is 9.23. The van der Waals surface area contributed by atoms with Crippen LogP contribution in [0.3, 0.4) is 0 Å². The quantitative estimate of drug-likeness (QED) is 0.555. The third-order valence-corrected chi connectivity index (χ3v) is 1.70. The zero-order valence-electron chi connectivity index (χ0n) is 7.34. The first kappa shape index (κ1) is 10.5. The van der Waals surface area contributed by atoms with Gasteiger partial charge in [0.25, 0.3) is 0 Å². The number of pyridine rings is 2. The predicted molar refractivity (Wildman–Crippen MR) is 47.4 cm³/mol. The van der Waals surface area contributed by atoms with Crippen LogP contribution in [-0.4, -0.2) is 10.1 Å². The fraction of sp³-hybridized carbons (Fsp3) is 0. The molecule has 3 nitrogen and oxygen atoms in total. The highest BCUT2D eigenvalue weighted by molar-refractivity contribution is 5.14. The Labute approximate surface area is 88.1 Å². The molecular weight excluding hydrogens is 200 g/mol. The van der Waals surface area contributed by atoms with Crippen LogP contribution in [0.25, 0.3) is 5.82 Å². The van der Waals surface area contributed by atoms with E-state index in [9.17, 15) is 5.11 Å². The summed E-state index contributed by atoms with van der Waals surface area (Å²) in [6.07, 6.45) is 5.16. The topological polar surface area (TPSA) is 37.0 Å². The monoisotopic (exact) mass is 208 g/mol. The minimum Gasteiger partial charge on any atom is -1.00 e. The molecule has 4 heteroatoms. The number of hydrogen-bond donors (Lipinski definition) is 1. The van der Waals surface area contributed by atoms with Crippen LogP contribution in [0.15, 0.2) is 48.9 Å². The lowest BCUT2D eigenvalue weighted by Crippen LogP contribution is -3.00. The fourth-order valence-corrected chi connectivity index (χ4v) is 1.11. The van der Waals surface area contributed by atoms with Crippen molar-refractivity contribution in [3.8, 4) is 11.6 Å². The van der Waals surface area contributed by atoms with Crippen molar-refractivity contribution in [1.29, 1.82) is 0 Å². The molecule has 0 fully saturated rings. The second-order valence-corrected chi connectivity index (χ2v) is 2.66. The van der Waals surface area contributed by atoms with Crippen LogP contribution in [0.2, 0.25) is 0 Å². The summed E-state index contributed by atoms with van der Waals surface area (Å²) in [6, 6.07) is 9.02. The van der Waals surface area contributed by atoms with E-state index in [1.54, 1.807) is 29.1 Å². The first-order valence-corrected chi connectivity index (χ1v) is 3.98. The molecule has 0 radical (unpaired) electrons. The molecule has 14 heavy (non-hydrogen) atoms. The first-order chi connectivity index (χ1) is 6.36. The van der Waals surface area contributed by atoms with Gasteiger partial charge in [-0.05, 0) is 23.2 Å². The zero-order valence-corrected chi connectivity index (χ0v) is 8.09. The lowest BCUT2D eigenvalue weighted by molar-refractivity contribution is -0.600. The van der Waals surface area contributed by atoms with Crippen molar-refractivity contribution >= 4 is 0 Å². The van der Waals surface area contributed by atoms with Crippen LogP contribution in [0.1, 0.15) is 0 Å². The van der Waals surface area contributed by atoms with Crippen molar-refractivity contribution in [2.45, 2.75) is 0 Å². The number of hydrogen-bond acceptors (Lipinski definition) is 2. The SMILES string of the molecule is Oc1ccc[n+](-c2ccccn2)c1.[Cl-]. The molecule has 0 bridgehead atoms. The van der Waals surface area contributed by atoms with E-state index in [4.69, 9.17) is 0 Å². The minimum atomic E-state index is 0. The summed E-state index contributed by atoms with van der Waals surface area (Å²) in [6.45, 7) is 0. The predicted octanol–water partition coefficient (Wildman–Crippen LogP) is -1.93. The molecule has 0 aliphatic heterocycles. The van der Waals surface area contributed by atoms with Gasteiger partial charge in [-0.3, -0.25) is 0 Å². The van der Waals surface area contributed by atoms with Crippen molar-refractivity contribution in [2.75, 3.05) is 0 Å². The minimum absolute atomic E-state index is 0. The maximum atomic E-state index is 9.23. The Morgan fingerprint density at radius 1 is 1.14 bits per heavy atom. The molecule has 2 aromatic rings. The Balaban J connectivity index is 0.000000980. The molecular formula is C10H9ClN2O. The fourth-order valence-electron chi connectivity index (χ4n) is 1.11. The van der Waals surface area contributed by atoms with Crippen molar-refractivity contribution in [2.24, 2.45) is 0 Å². The van der Waals surface area contributed by atoms with Crippen molar-refractivity contribution in [3.05, 3.63) is 48.9 Å². The second-order valence-electron chi connectivity index (χ2n) is 2.66. The molecule has 0 unspecified atom stereocenters. The molecule has 0 spiro atoms. The van der Waals surface area contributed by atoms with Gasteiger partial charge in [0.15, 0.2) is 5.75 Å². The molecule has 0 amide bonds. The van der Waals surface area contributed by atoms with Gasteiger partial charge in [0.05, 0.1) is 6.20 Å². The van der Waals surface area contributed by atoms with Crippen molar-refractivity contribution in [1.82, 2.24) is 4.98 Å². The molecule has 2 aromatic heterocycles. The molecule has 0 atom stereocenters. The average Bonchev–Trinajstić information content (AvgIpc) is 2.19. The highest BCUT2D eigenvalue weighted by Gasteiger charge is 2.04. The Hall–Kier alpha value is -1.61. The molecule has 2 rings (SSSR count). The van der Waals surface area contributed by atoms with Gasteiger partial charge in [-0.25, -0.2) is 0 Å². The number of nitrogens with zero attached hydrogens (tertiary/aromatic N) is 2. The number of aromatic hydroxyl groups is 1. The molecule has 0 aliphatic rings. The van der Waals surface area contributed by atoms with E-state index in [0.29, 0.717) is 0 Å². The second kappa shape index (κ2) is 4.58. The Morgan fingerprint density at radius 3 is 2.64 bits per heavy atom. The third kappa shape index (κ3) is 2.20. The van der Waals surface area contributed by atoms with Crippen molar-refractivity contribution < 1.29 is 22.1 Å². The van der Waals surface area contributed by atoms with Crippen molar-refractivity contribution in [3.63, 3.8) is 0 Å². The summed E-state index contributed by atoms with van der Waals surface area (Å²) >= 11 is 0. The van der Waals surface area contributed by atoms with Gasteiger partial charge in [-0.1, -0.05) is 6.07 Å². The van der Waals surface area contributed by atoms with Crippen LogP contribution in [0.4, 0.5) is 0 Å². The van der Waals surface area contributed by atoms with Crippen LogP contribution in [-0.2, 0) is 0 Å². The van der Waals surface area contributed by atoms with Crippen LogP contribution in [0, 0.1) is 0 Å². The summed E-state index contributed by atoms with van der Waals surface area (Å²) in [7, 11) is 0. The Kier molecular flexibility index (Phi) is 3.42. The molecule has 0 saturated heterocycles. The smallest absolute Gasteiger partial charge is 0.327 e. The summed E-state index contributed by atoms with van der Waals surface area (Å²) in [5.74, 6) is 1.02. The Bertz CT molecular complexity index is 406. The van der Waals surface area contributed by atoms with Crippen LogP contribution in [0.5, 0.6) is 5.75 Å². The average molecular weight is 209 g/mol. The number of aromatic nitrogens is 2. The van der Waals surface area contributed by atoms with E-state index in [1.807, 2.05) is 24.4 Å². The standard InChI is InChI=1S/C10H8N2O.ClH/c13-9-4-3-7-12(8-9)10-5-1-2-6-11-10;/h1-8H;1H. The summed E-state index contributed by atoms with van der Waals surface area (Å²) in [5, 5.41) is 9.23. The first-order valence-electron chi connectivity index (χ1n) is 3.98. The van der Waals surface area contributed by atoms with Gasteiger partial charge in [-0.2, -0.15) is 4.57 Å². The van der Waals surface area contributed by atoms with Gasteiger partial charge in [-0.15, -0.1) is 0 Å². The van der Waals surface area contributed by atoms with E-state index in [2.05, 4.69) is 4.98 Å². The van der Waals surface area contributed by atoms with E-state index in [1.165, 1.54) is 0 Å². The van der Waals surface area contributed by atoms with Gasteiger partial charge in [0.1, 0.15) is 12.4 Å². The normalized spacial score (nSPS) is 9.14. The van der Waals surface area contributed by atoms with Gasteiger partial charge >= 0.3 is 5.82 Å². The summed E-state index contributed by atoms with van der Waals surface area (Å²) < 4.78 is 1.76. The highest BCUT2D eigenvalue weighted by atomic mass is 35.5. The lowest BCUT2D eigenvalue weighted by atomic mass is 10.4. The molecule has 2 heterocycles. The van der Waals surface area contributed by atoms with Crippen LogP contribution < -0.4 is 17.0 Å². The summed E-state index contributed by atoms with van der Waals surface area (Å²) in [5.41, 5.74) is 0. The van der Waals surface area contributed by atoms with E-state index in [-0.39, 0.29) is 18.2 Å². The molecule has 0 saturated carbocycles. The zero-order chi connectivity index (χ0) is 9.10. The Morgan fingerprint density at radius 2 is 2.00 bits per heavy atom. The third-order valence-electron chi connectivity index (χ3n) is 1.70. The number of rotatable bonds is 1. The van der Waals surface area contributed by atoms with E-state index in [0.717, 1.165) is 5.82 Å². The van der Waals surface area contributed by atoms with Gasteiger partial charge in [0, 0.05) is 6.07 Å². The lowest BCUT2D eigenvalue weighted by Gasteiger charge is -1.94. The van der Waals surface area contributed by atoms with E-state index >= 15 is 0 Å². The van der Waals surface area contributed by atoms with Crippen LogP contribution >= 0.6 is 0 Å².